The molecule has 0 heterocycles. The molecule has 0 aliphatic heterocycles. The van der Waals surface area contributed by atoms with E-state index in [1.54, 1.807) is 33.8 Å². The van der Waals surface area contributed by atoms with Gasteiger partial charge >= 0.3 is 5.97 Å². The summed E-state index contributed by atoms with van der Waals surface area (Å²) in [6.45, 7) is 7.94. The van der Waals surface area contributed by atoms with Gasteiger partial charge in [-0.25, -0.2) is 4.79 Å². The molecule has 25 heavy (non-hydrogen) atoms. The standard InChI is InChI=1S/C17H24N2O6/c1-10(2)25-17(21)13(5)18(15(20)9-24-6)16-11(3)7-8-14(12(16)4)19(22)23/h7-8,10,13H,9H2,1-6H3. The van der Waals surface area contributed by atoms with Crippen LogP contribution in [-0.2, 0) is 19.1 Å². The Morgan fingerprint density at radius 3 is 2.32 bits per heavy atom. The van der Waals surface area contributed by atoms with Crippen LogP contribution < -0.4 is 4.90 Å². The first-order valence-electron chi connectivity index (χ1n) is 7.87. The predicted octanol–water partition coefficient (Wildman–Crippen LogP) is 2.53. The highest BCUT2D eigenvalue weighted by Gasteiger charge is 2.32. The maximum atomic E-state index is 12.6. The summed E-state index contributed by atoms with van der Waals surface area (Å²) in [6.07, 6.45) is -0.346. The van der Waals surface area contributed by atoms with E-state index in [1.165, 1.54) is 25.0 Å². The van der Waals surface area contributed by atoms with Crippen LogP contribution in [0.3, 0.4) is 0 Å². The lowest BCUT2D eigenvalue weighted by Crippen LogP contribution is -2.47. The van der Waals surface area contributed by atoms with Crippen LogP contribution in [0, 0.1) is 24.0 Å². The highest BCUT2D eigenvalue weighted by Crippen LogP contribution is 2.33. The van der Waals surface area contributed by atoms with E-state index in [1.807, 2.05) is 0 Å². The predicted molar refractivity (Wildman–Crippen MR) is 92.6 cm³/mol. The molecule has 1 amide bonds. The second-order valence-corrected chi connectivity index (χ2v) is 5.99. The Kier molecular flexibility index (Phi) is 7.05. The SMILES string of the molecule is COCC(=O)N(c1c(C)ccc([N+](=O)[O-])c1C)C(C)C(=O)OC(C)C. The first-order chi connectivity index (χ1) is 11.6. The molecule has 0 aliphatic carbocycles. The monoisotopic (exact) mass is 352 g/mol. The molecule has 0 aliphatic rings. The van der Waals surface area contributed by atoms with E-state index in [0.29, 0.717) is 16.8 Å². The van der Waals surface area contributed by atoms with Gasteiger partial charge < -0.3 is 9.47 Å². The summed E-state index contributed by atoms with van der Waals surface area (Å²) in [6, 6.07) is 1.97. The number of carbonyl (C=O) groups excluding carboxylic acids is 2. The third-order valence-corrected chi connectivity index (χ3v) is 3.66. The van der Waals surface area contributed by atoms with Gasteiger partial charge in [0, 0.05) is 13.2 Å². The summed E-state index contributed by atoms with van der Waals surface area (Å²) in [7, 11) is 1.36. The van der Waals surface area contributed by atoms with Crippen LogP contribution in [0.5, 0.6) is 0 Å². The summed E-state index contributed by atoms with van der Waals surface area (Å²) in [5.41, 5.74) is 1.14. The van der Waals surface area contributed by atoms with Crippen molar-refractivity contribution in [2.45, 2.75) is 46.8 Å². The molecule has 0 bridgehead atoms. The Labute approximate surface area is 146 Å². The molecular formula is C17H24N2O6. The fourth-order valence-electron chi connectivity index (χ4n) is 2.56. The van der Waals surface area contributed by atoms with Crippen molar-refractivity contribution in [3.05, 3.63) is 33.4 Å². The fourth-order valence-corrected chi connectivity index (χ4v) is 2.56. The van der Waals surface area contributed by atoms with Gasteiger partial charge in [0.2, 0.25) is 0 Å². The number of anilines is 1. The maximum absolute atomic E-state index is 12.6. The Hall–Kier alpha value is -2.48. The third kappa shape index (κ3) is 4.76. The number of esters is 1. The topological polar surface area (TPSA) is 99.0 Å². The molecular weight excluding hydrogens is 328 g/mol. The molecule has 1 rings (SSSR count). The number of carbonyl (C=O) groups is 2. The second kappa shape index (κ2) is 8.57. The average Bonchev–Trinajstić information content (AvgIpc) is 2.49. The van der Waals surface area contributed by atoms with Gasteiger partial charge in [-0.1, -0.05) is 6.07 Å². The molecule has 0 spiro atoms. The zero-order valence-electron chi connectivity index (χ0n) is 15.4. The summed E-state index contributed by atoms with van der Waals surface area (Å²) in [4.78, 5) is 36.8. The number of amides is 1. The molecule has 138 valence electrons. The highest BCUT2D eigenvalue weighted by atomic mass is 16.6. The van der Waals surface area contributed by atoms with Gasteiger partial charge in [0.05, 0.1) is 22.3 Å². The number of nitrogens with zero attached hydrogens (tertiary/aromatic N) is 2. The number of rotatable bonds is 7. The fraction of sp³-hybridized carbons (Fsp3) is 0.529. The minimum atomic E-state index is -0.954. The molecule has 1 atom stereocenters. The Morgan fingerprint density at radius 2 is 1.84 bits per heavy atom. The van der Waals surface area contributed by atoms with E-state index in [9.17, 15) is 19.7 Å². The number of nitro groups is 1. The lowest BCUT2D eigenvalue weighted by molar-refractivity contribution is -0.385. The molecule has 0 saturated heterocycles. The van der Waals surface area contributed by atoms with Crippen molar-refractivity contribution >= 4 is 23.3 Å². The molecule has 0 radical (unpaired) electrons. The molecule has 0 saturated carbocycles. The van der Waals surface area contributed by atoms with Crippen molar-refractivity contribution in [3.8, 4) is 0 Å². The Bertz CT molecular complexity index is 671. The number of ether oxygens (including phenoxy) is 2. The van der Waals surface area contributed by atoms with E-state index < -0.39 is 22.8 Å². The van der Waals surface area contributed by atoms with E-state index in [2.05, 4.69) is 0 Å². The maximum Gasteiger partial charge on any atom is 0.329 e. The van der Waals surface area contributed by atoms with Gasteiger partial charge in [0.1, 0.15) is 12.6 Å². The molecule has 0 N–H and O–H groups in total. The van der Waals surface area contributed by atoms with Gasteiger partial charge in [0.15, 0.2) is 0 Å². The van der Waals surface area contributed by atoms with Crippen LogP contribution >= 0.6 is 0 Å². The Balaban J connectivity index is 3.48. The summed E-state index contributed by atoms with van der Waals surface area (Å²) < 4.78 is 10.1. The molecule has 0 fully saturated rings. The molecule has 8 nitrogen and oxygen atoms in total. The van der Waals surface area contributed by atoms with Crippen molar-refractivity contribution in [2.75, 3.05) is 18.6 Å². The average molecular weight is 352 g/mol. The molecule has 8 heteroatoms. The summed E-state index contributed by atoms with van der Waals surface area (Å²) >= 11 is 0. The summed E-state index contributed by atoms with van der Waals surface area (Å²) in [5, 5.41) is 11.2. The zero-order valence-corrected chi connectivity index (χ0v) is 15.4. The molecule has 1 aromatic carbocycles. The first-order valence-corrected chi connectivity index (χ1v) is 7.87. The van der Waals surface area contributed by atoms with Crippen LogP contribution in [0.15, 0.2) is 12.1 Å². The number of nitro benzene ring substituents is 1. The van der Waals surface area contributed by atoms with Crippen LogP contribution in [-0.4, -0.2) is 42.7 Å². The summed E-state index contributed by atoms with van der Waals surface area (Å²) in [5.74, 6) is -1.08. The molecule has 1 aromatic rings. The van der Waals surface area contributed by atoms with Crippen molar-refractivity contribution < 1.29 is 24.0 Å². The van der Waals surface area contributed by atoms with Gasteiger partial charge in [-0.3, -0.25) is 19.8 Å². The smallest absolute Gasteiger partial charge is 0.329 e. The minimum absolute atomic E-state index is 0.125. The number of hydrogen-bond donors (Lipinski definition) is 0. The number of aryl methyl sites for hydroxylation is 1. The normalized spacial score (nSPS) is 12.0. The van der Waals surface area contributed by atoms with Crippen molar-refractivity contribution in [3.63, 3.8) is 0 Å². The minimum Gasteiger partial charge on any atom is -0.461 e. The van der Waals surface area contributed by atoms with Gasteiger partial charge in [0.25, 0.3) is 11.6 Å². The zero-order chi connectivity index (χ0) is 19.3. The van der Waals surface area contributed by atoms with E-state index >= 15 is 0 Å². The van der Waals surface area contributed by atoms with Gasteiger partial charge in [-0.15, -0.1) is 0 Å². The highest BCUT2D eigenvalue weighted by molar-refractivity contribution is 6.01. The largest absolute Gasteiger partial charge is 0.461 e. The van der Waals surface area contributed by atoms with Crippen LogP contribution in [0.1, 0.15) is 31.9 Å². The molecule has 0 aromatic heterocycles. The van der Waals surface area contributed by atoms with Crippen molar-refractivity contribution in [1.29, 1.82) is 0 Å². The third-order valence-electron chi connectivity index (χ3n) is 3.66. The Morgan fingerprint density at radius 1 is 1.24 bits per heavy atom. The lowest BCUT2D eigenvalue weighted by Gasteiger charge is -2.30. The first kappa shape index (κ1) is 20.6. The molecule has 1 unspecified atom stereocenters. The van der Waals surface area contributed by atoms with Gasteiger partial charge in [-0.05, 0) is 40.2 Å². The van der Waals surface area contributed by atoms with E-state index in [0.717, 1.165) is 0 Å². The lowest BCUT2D eigenvalue weighted by atomic mass is 10.0. The van der Waals surface area contributed by atoms with E-state index in [-0.39, 0.29) is 18.4 Å². The number of hydrogen-bond acceptors (Lipinski definition) is 6. The number of benzene rings is 1. The second-order valence-electron chi connectivity index (χ2n) is 5.99. The van der Waals surface area contributed by atoms with Crippen LogP contribution in [0.4, 0.5) is 11.4 Å². The van der Waals surface area contributed by atoms with E-state index in [4.69, 9.17) is 9.47 Å². The van der Waals surface area contributed by atoms with Crippen molar-refractivity contribution in [1.82, 2.24) is 0 Å². The van der Waals surface area contributed by atoms with Crippen LogP contribution in [0.2, 0.25) is 0 Å². The van der Waals surface area contributed by atoms with Crippen LogP contribution in [0.25, 0.3) is 0 Å². The van der Waals surface area contributed by atoms with Gasteiger partial charge in [-0.2, -0.15) is 0 Å². The quantitative estimate of drug-likeness (QED) is 0.425. The van der Waals surface area contributed by atoms with Crippen molar-refractivity contribution in [2.24, 2.45) is 0 Å². The number of methoxy groups -OCH3 is 1.